The highest BCUT2D eigenvalue weighted by Gasteiger charge is 2.58. The second-order valence-electron chi connectivity index (χ2n) is 12.1. The zero-order valence-corrected chi connectivity index (χ0v) is 26.3. The number of carbonyl (C=O) groups is 1. The molecule has 0 spiro atoms. The molecule has 0 saturated carbocycles. The molecule has 3 fully saturated rings. The van der Waals surface area contributed by atoms with Gasteiger partial charge in [-0.3, -0.25) is 4.90 Å². The minimum absolute atomic E-state index is 0.0169. The van der Waals surface area contributed by atoms with Gasteiger partial charge >= 0.3 is 6.09 Å². The molecular formula is C31H50N2O8S. The first-order valence-corrected chi connectivity index (χ1v) is 17.3. The molecule has 1 aromatic carbocycles. The van der Waals surface area contributed by atoms with Crippen LogP contribution in [0.2, 0.25) is 0 Å². The van der Waals surface area contributed by atoms with E-state index in [4.69, 9.17) is 23.7 Å². The molecule has 1 N–H and O–H groups in total. The quantitative estimate of drug-likeness (QED) is 0.247. The lowest BCUT2D eigenvalue weighted by molar-refractivity contribution is -0.230. The second-order valence-corrected chi connectivity index (χ2v) is 13.8. The lowest BCUT2D eigenvalue weighted by Gasteiger charge is -2.35. The van der Waals surface area contributed by atoms with Gasteiger partial charge in [0.05, 0.1) is 4.90 Å². The van der Waals surface area contributed by atoms with Crippen LogP contribution in [0.1, 0.15) is 91.4 Å². The van der Waals surface area contributed by atoms with Crippen molar-refractivity contribution in [3.8, 4) is 0 Å². The van der Waals surface area contributed by atoms with Crippen LogP contribution < -0.4 is 4.72 Å². The van der Waals surface area contributed by atoms with E-state index in [0.717, 1.165) is 45.2 Å². The maximum atomic E-state index is 13.0. The van der Waals surface area contributed by atoms with E-state index >= 15 is 0 Å². The monoisotopic (exact) mass is 610 g/mol. The molecule has 3 saturated heterocycles. The molecule has 1 aromatic rings. The van der Waals surface area contributed by atoms with Gasteiger partial charge in [-0.2, -0.15) is 0 Å². The van der Waals surface area contributed by atoms with E-state index in [2.05, 4.69) is 16.5 Å². The van der Waals surface area contributed by atoms with Gasteiger partial charge in [-0.25, -0.2) is 17.9 Å². The first-order chi connectivity index (χ1) is 20.2. The molecule has 0 aliphatic carbocycles. The van der Waals surface area contributed by atoms with Crippen LogP contribution in [0.15, 0.2) is 35.2 Å². The number of rotatable bonds is 16. The van der Waals surface area contributed by atoms with Gasteiger partial charge in [0.25, 0.3) is 10.0 Å². The van der Waals surface area contributed by atoms with Crippen LogP contribution in [0.4, 0.5) is 4.79 Å². The Morgan fingerprint density at radius 3 is 2.36 bits per heavy atom. The first-order valence-electron chi connectivity index (χ1n) is 15.8. The fraction of sp³-hybridized carbons (Fsp3) is 0.774. The number of piperidine rings is 1. The summed E-state index contributed by atoms with van der Waals surface area (Å²) in [5.74, 6) is -0.829. The summed E-state index contributed by atoms with van der Waals surface area (Å²) in [6.45, 7) is 8.55. The fourth-order valence-electron chi connectivity index (χ4n) is 5.98. The Bertz CT molecular complexity index is 1060. The zero-order chi connectivity index (χ0) is 30.0. The van der Waals surface area contributed by atoms with E-state index in [9.17, 15) is 13.2 Å². The molecule has 0 radical (unpaired) electrons. The summed E-state index contributed by atoms with van der Waals surface area (Å²) in [6.07, 6.45) is 8.55. The van der Waals surface area contributed by atoms with Crippen molar-refractivity contribution < 1.29 is 36.9 Å². The number of hydrogen-bond acceptors (Lipinski definition) is 9. The minimum atomic E-state index is -4.10. The third kappa shape index (κ3) is 9.62. The van der Waals surface area contributed by atoms with Gasteiger partial charge in [-0.15, -0.1) is 0 Å². The number of fused-ring (bicyclic) bond motifs is 1. The topological polar surface area (TPSA) is 113 Å². The van der Waals surface area contributed by atoms with Crippen molar-refractivity contribution in [2.45, 2.75) is 133 Å². The molecular weight excluding hydrogens is 560 g/mol. The van der Waals surface area contributed by atoms with Crippen molar-refractivity contribution in [3.05, 3.63) is 30.3 Å². The van der Waals surface area contributed by atoms with E-state index in [1.807, 2.05) is 13.8 Å². The SMILES string of the molecule is CCCCCCCCCCO[C@@H]1[C@H]2OC(C)(C)O[C@H]2O[C@@H]1[C@@H](CN1CCCCC1)OC(=O)NS(=O)(=O)c1ccccc1. The van der Waals surface area contributed by atoms with Gasteiger partial charge in [0, 0.05) is 13.2 Å². The summed E-state index contributed by atoms with van der Waals surface area (Å²) in [4.78, 5) is 15.2. The number of carbonyl (C=O) groups excluding carboxylic acids is 1. The lowest BCUT2D eigenvalue weighted by Crippen LogP contribution is -2.51. The average Bonchev–Trinajstić information content (AvgIpc) is 3.44. The number of amides is 1. The molecule has 4 rings (SSSR count). The zero-order valence-electron chi connectivity index (χ0n) is 25.5. The average molecular weight is 611 g/mol. The molecule has 3 aliphatic rings. The van der Waals surface area contributed by atoms with Gasteiger partial charge in [0.1, 0.15) is 24.4 Å². The lowest BCUT2D eigenvalue weighted by atomic mass is 10.0. The van der Waals surface area contributed by atoms with Crippen molar-refractivity contribution >= 4 is 16.1 Å². The summed E-state index contributed by atoms with van der Waals surface area (Å²) in [7, 11) is -4.10. The number of sulfonamides is 1. The van der Waals surface area contributed by atoms with Crippen LogP contribution in [-0.4, -0.2) is 82.1 Å². The third-order valence-corrected chi connectivity index (χ3v) is 9.45. The number of likely N-dealkylation sites (tertiary alicyclic amines) is 1. The van der Waals surface area contributed by atoms with Gasteiger partial charge in [-0.1, -0.05) is 76.5 Å². The van der Waals surface area contributed by atoms with Crippen molar-refractivity contribution in [2.24, 2.45) is 0 Å². The predicted molar refractivity (Wildman–Crippen MR) is 158 cm³/mol. The molecule has 3 aliphatic heterocycles. The summed E-state index contributed by atoms with van der Waals surface area (Å²) >= 11 is 0. The number of benzene rings is 1. The molecule has 0 unspecified atom stereocenters. The maximum Gasteiger partial charge on any atom is 0.421 e. The third-order valence-electron chi connectivity index (χ3n) is 8.12. The Labute approximate surface area is 251 Å². The van der Waals surface area contributed by atoms with E-state index in [1.54, 1.807) is 18.2 Å². The molecule has 0 bridgehead atoms. The summed E-state index contributed by atoms with van der Waals surface area (Å²) in [6, 6.07) is 7.75. The fourth-order valence-corrected chi connectivity index (χ4v) is 6.88. The normalized spacial score (nSPS) is 26.5. The van der Waals surface area contributed by atoms with Crippen LogP contribution in [0.25, 0.3) is 0 Å². The standard InChI is InChI=1S/C31H50N2O8S/c1-4-5-6-7-8-9-10-17-22-37-27-26(39-29-28(27)40-31(2,3)41-29)25(23-33-20-15-12-16-21-33)38-30(34)32-42(35,36)24-18-13-11-14-19-24/h11,13-14,18-19,25-29H,4-10,12,15-17,20-23H2,1-3H3,(H,32,34)/t25-,26-,27+,28-,29-/m1/s1. The van der Waals surface area contributed by atoms with Crippen molar-refractivity contribution in [1.29, 1.82) is 0 Å². The Morgan fingerprint density at radius 1 is 1.00 bits per heavy atom. The number of nitrogens with zero attached hydrogens (tertiary/aromatic N) is 1. The highest BCUT2D eigenvalue weighted by molar-refractivity contribution is 7.90. The van der Waals surface area contributed by atoms with Gasteiger partial charge in [0.15, 0.2) is 12.1 Å². The van der Waals surface area contributed by atoms with Gasteiger partial charge in [-0.05, 0) is 58.3 Å². The smallest absolute Gasteiger partial charge is 0.421 e. The molecule has 10 nitrogen and oxygen atoms in total. The van der Waals surface area contributed by atoms with E-state index in [-0.39, 0.29) is 4.90 Å². The van der Waals surface area contributed by atoms with Crippen molar-refractivity contribution in [2.75, 3.05) is 26.2 Å². The molecule has 42 heavy (non-hydrogen) atoms. The Morgan fingerprint density at radius 2 is 1.67 bits per heavy atom. The van der Waals surface area contributed by atoms with Crippen LogP contribution in [-0.2, 0) is 33.7 Å². The number of unbranched alkanes of at least 4 members (excludes halogenated alkanes) is 7. The molecule has 1 amide bonds. The Hall–Kier alpha value is -1.76. The van der Waals surface area contributed by atoms with Crippen LogP contribution in [0.3, 0.4) is 0 Å². The minimum Gasteiger partial charge on any atom is -0.441 e. The molecule has 0 aromatic heterocycles. The summed E-state index contributed by atoms with van der Waals surface area (Å²) in [5, 5.41) is 0. The highest BCUT2D eigenvalue weighted by atomic mass is 32.2. The summed E-state index contributed by atoms with van der Waals surface area (Å²) in [5.41, 5.74) is 0. The van der Waals surface area contributed by atoms with E-state index in [0.29, 0.717) is 13.2 Å². The van der Waals surface area contributed by atoms with Gasteiger partial charge in [0.2, 0.25) is 0 Å². The first kappa shape index (κ1) is 33.1. The molecule has 238 valence electrons. The largest absolute Gasteiger partial charge is 0.441 e. The Kier molecular flexibility index (Phi) is 12.5. The maximum absolute atomic E-state index is 13.0. The summed E-state index contributed by atoms with van der Waals surface area (Å²) < 4.78 is 58.5. The van der Waals surface area contributed by atoms with Crippen molar-refractivity contribution in [1.82, 2.24) is 9.62 Å². The van der Waals surface area contributed by atoms with Crippen LogP contribution in [0, 0.1) is 0 Å². The molecule has 11 heteroatoms. The number of nitrogens with one attached hydrogen (secondary N) is 1. The molecule has 3 heterocycles. The highest BCUT2D eigenvalue weighted by Crippen LogP contribution is 2.40. The van der Waals surface area contributed by atoms with Crippen molar-refractivity contribution in [3.63, 3.8) is 0 Å². The van der Waals surface area contributed by atoms with E-state index in [1.165, 1.54) is 50.7 Å². The van der Waals surface area contributed by atoms with Crippen LogP contribution >= 0.6 is 0 Å². The predicted octanol–water partition coefficient (Wildman–Crippen LogP) is 5.36. The van der Waals surface area contributed by atoms with E-state index < -0.39 is 52.6 Å². The van der Waals surface area contributed by atoms with Gasteiger partial charge < -0.3 is 23.7 Å². The second kappa shape index (κ2) is 15.8. The van der Waals surface area contributed by atoms with Crippen LogP contribution in [0.5, 0.6) is 0 Å². The molecule has 5 atom stereocenters. The number of ether oxygens (including phenoxy) is 5. The Balaban J connectivity index is 1.42. The number of hydrogen-bond donors (Lipinski definition) is 1.